The van der Waals surface area contributed by atoms with Crippen LogP contribution in [0, 0.1) is 5.82 Å². The van der Waals surface area contributed by atoms with Gasteiger partial charge in [-0.25, -0.2) is 27.6 Å². The number of rotatable bonds is 6. The van der Waals surface area contributed by atoms with E-state index in [4.69, 9.17) is 0 Å². The number of aromatic amines is 1. The van der Waals surface area contributed by atoms with Crippen LogP contribution < -0.4 is 15.4 Å². The number of anilines is 2. The predicted octanol–water partition coefficient (Wildman–Crippen LogP) is 3.34. The van der Waals surface area contributed by atoms with Crippen LogP contribution in [0.25, 0.3) is 33.4 Å². The number of nitrogens with one attached hydrogen (secondary N) is 4. The quantitative estimate of drug-likeness (QED) is 0.341. The lowest BCUT2D eigenvalue weighted by Gasteiger charge is -2.09. The van der Waals surface area contributed by atoms with Crippen molar-refractivity contribution in [3.63, 3.8) is 0 Å². The Bertz CT molecular complexity index is 1440. The van der Waals surface area contributed by atoms with Gasteiger partial charge in [0.25, 0.3) is 0 Å². The van der Waals surface area contributed by atoms with Crippen molar-refractivity contribution < 1.29 is 17.6 Å². The first-order valence-electron chi connectivity index (χ1n) is 9.87. The summed E-state index contributed by atoms with van der Waals surface area (Å²) in [6.45, 7) is 2.23. The molecule has 10 nitrogen and oxygen atoms in total. The van der Waals surface area contributed by atoms with Crippen molar-refractivity contribution >= 4 is 38.9 Å². The molecule has 2 amide bonds. The summed E-state index contributed by atoms with van der Waals surface area (Å²) in [6.07, 6.45) is 4.01. The zero-order valence-electron chi connectivity index (χ0n) is 17.7. The van der Waals surface area contributed by atoms with E-state index in [1.54, 1.807) is 25.1 Å². The molecule has 0 bridgehead atoms. The van der Waals surface area contributed by atoms with Gasteiger partial charge in [0.15, 0.2) is 0 Å². The molecule has 0 unspecified atom stereocenters. The van der Waals surface area contributed by atoms with Crippen LogP contribution in [0.1, 0.15) is 6.92 Å². The van der Waals surface area contributed by atoms with Crippen LogP contribution >= 0.6 is 0 Å². The Kier molecular flexibility index (Phi) is 5.92. The standard InChI is InChI=1S/C21H20FN7O3S/c1-3-23-21(30)28-20-26-16-10-13(12-6-7-17(25-11-12)29-33(2,31)32)9-14(19(16)27-20)18-15(22)5-4-8-24-18/h4-11H,3H2,1-2H3,(H,25,29)(H3,23,26,27,28,30). The molecule has 0 atom stereocenters. The van der Waals surface area contributed by atoms with Gasteiger partial charge in [0.1, 0.15) is 22.8 Å². The lowest BCUT2D eigenvalue weighted by atomic mass is 10.0. The van der Waals surface area contributed by atoms with Crippen molar-refractivity contribution in [2.45, 2.75) is 6.92 Å². The predicted molar refractivity (Wildman–Crippen MR) is 124 cm³/mol. The fourth-order valence-corrected chi connectivity index (χ4v) is 3.74. The van der Waals surface area contributed by atoms with Crippen LogP contribution in [0.15, 0.2) is 48.8 Å². The van der Waals surface area contributed by atoms with E-state index >= 15 is 0 Å². The number of sulfonamides is 1. The summed E-state index contributed by atoms with van der Waals surface area (Å²) in [4.78, 5) is 27.6. The third-order valence-corrected chi connectivity index (χ3v) is 5.14. The largest absolute Gasteiger partial charge is 0.338 e. The van der Waals surface area contributed by atoms with Gasteiger partial charge in [-0.05, 0) is 48.9 Å². The minimum Gasteiger partial charge on any atom is -0.338 e. The summed E-state index contributed by atoms with van der Waals surface area (Å²) >= 11 is 0. The van der Waals surface area contributed by atoms with Crippen molar-refractivity contribution in [3.8, 4) is 22.4 Å². The van der Waals surface area contributed by atoms with Crippen molar-refractivity contribution in [2.75, 3.05) is 22.8 Å². The molecule has 4 N–H and O–H groups in total. The minimum absolute atomic E-state index is 0.101. The molecule has 0 saturated carbocycles. The molecule has 4 rings (SSSR count). The van der Waals surface area contributed by atoms with Gasteiger partial charge in [-0.3, -0.25) is 15.0 Å². The summed E-state index contributed by atoms with van der Waals surface area (Å²) in [6, 6.07) is 9.06. The van der Waals surface area contributed by atoms with Gasteiger partial charge in [0.05, 0.1) is 11.8 Å². The summed E-state index contributed by atoms with van der Waals surface area (Å²) < 4.78 is 39.7. The maximum absolute atomic E-state index is 14.6. The van der Waals surface area contributed by atoms with Gasteiger partial charge in [0, 0.05) is 30.1 Å². The van der Waals surface area contributed by atoms with Gasteiger partial charge in [-0.1, -0.05) is 0 Å². The number of hydrogen-bond acceptors (Lipinski definition) is 6. The highest BCUT2D eigenvalue weighted by atomic mass is 32.2. The average molecular weight is 470 g/mol. The smallest absolute Gasteiger partial charge is 0.321 e. The van der Waals surface area contributed by atoms with Gasteiger partial charge in [-0.15, -0.1) is 0 Å². The number of carbonyl (C=O) groups is 1. The van der Waals surface area contributed by atoms with E-state index in [0.29, 0.717) is 34.3 Å². The van der Waals surface area contributed by atoms with E-state index in [9.17, 15) is 17.6 Å². The normalized spacial score (nSPS) is 11.4. The van der Waals surface area contributed by atoms with Crippen molar-refractivity contribution in [3.05, 3.63) is 54.6 Å². The molecule has 33 heavy (non-hydrogen) atoms. The molecule has 170 valence electrons. The second-order valence-electron chi connectivity index (χ2n) is 7.13. The van der Waals surface area contributed by atoms with Crippen molar-refractivity contribution in [2.24, 2.45) is 0 Å². The van der Waals surface area contributed by atoms with Crippen LogP contribution in [0.2, 0.25) is 0 Å². The molecule has 0 aliphatic heterocycles. The highest BCUT2D eigenvalue weighted by molar-refractivity contribution is 7.92. The monoisotopic (exact) mass is 469 g/mol. The highest BCUT2D eigenvalue weighted by Crippen LogP contribution is 2.34. The molecule has 12 heteroatoms. The first kappa shape index (κ1) is 22.1. The van der Waals surface area contributed by atoms with E-state index in [2.05, 4.69) is 35.3 Å². The Hall–Kier alpha value is -4.06. The number of hydrogen-bond donors (Lipinski definition) is 4. The number of aromatic nitrogens is 4. The van der Waals surface area contributed by atoms with E-state index < -0.39 is 21.9 Å². The van der Waals surface area contributed by atoms with E-state index in [1.807, 2.05) is 0 Å². The third kappa shape index (κ3) is 5.06. The number of benzene rings is 1. The topological polar surface area (TPSA) is 142 Å². The zero-order valence-corrected chi connectivity index (χ0v) is 18.5. The zero-order chi connectivity index (χ0) is 23.6. The molecule has 3 heterocycles. The van der Waals surface area contributed by atoms with Crippen molar-refractivity contribution in [1.82, 2.24) is 25.3 Å². The minimum atomic E-state index is -3.46. The van der Waals surface area contributed by atoms with Gasteiger partial charge in [-0.2, -0.15) is 0 Å². The Morgan fingerprint density at radius 3 is 2.64 bits per heavy atom. The number of fused-ring (bicyclic) bond motifs is 1. The number of halogens is 1. The summed E-state index contributed by atoms with van der Waals surface area (Å²) in [5.41, 5.74) is 2.79. The lowest BCUT2D eigenvalue weighted by molar-refractivity contribution is 0.252. The maximum Gasteiger partial charge on any atom is 0.321 e. The number of carbonyl (C=O) groups excluding carboxylic acids is 1. The second-order valence-corrected chi connectivity index (χ2v) is 8.88. The van der Waals surface area contributed by atoms with Gasteiger partial charge in [0.2, 0.25) is 16.0 Å². The molecule has 0 fully saturated rings. The molecule has 0 spiro atoms. The molecule has 0 aliphatic rings. The summed E-state index contributed by atoms with van der Waals surface area (Å²) in [5, 5.41) is 5.22. The fourth-order valence-electron chi connectivity index (χ4n) is 3.24. The first-order valence-corrected chi connectivity index (χ1v) is 11.8. The van der Waals surface area contributed by atoms with Gasteiger partial charge < -0.3 is 10.3 Å². The highest BCUT2D eigenvalue weighted by Gasteiger charge is 2.17. The number of amides is 2. The average Bonchev–Trinajstić information content (AvgIpc) is 3.15. The molecule has 0 radical (unpaired) electrons. The molecular formula is C21H20FN7O3S. The number of nitrogens with zero attached hydrogens (tertiary/aromatic N) is 3. The lowest BCUT2D eigenvalue weighted by Crippen LogP contribution is -2.28. The van der Waals surface area contributed by atoms with Crippen LogP contribution in [0.3, 0.4) is 0 Å². The molecule has 3 aromatic heterocycles. The first-order chi connectivity index (χ1) is 15.7. The number of H-pyrrole nitrogens is 1. The van der Waals surface area contributed by atoms with Crippen LogP contribution in [-0.4, -0.2) is 47.2 Å². The second kappa shape index (κ2) is 8.82. The number of imidazole rings is 1. The van der Waals surface area contributed by atoms with E-state index in [1.165, 1.54) is 30.6 Å². The van der Waals surface area contributed by atoms with E-state index in [0.717, 1.165) is 6.26 Å². The molecule has 4 aromatic rings. The summed E-state index contributed by atoms with van der Waals surface area (Å²) in [7, 11) is -3.46. The Balaban J connectivity index is 1.82. The molecule has 0 aliphatic carbocycles. The van der Waals surface area contributed by atoms with Crippen LogP contribution in [0.5, 0.6) is 0 Å². The number of urea groups is 1. The van der Waals surface area contributed by atoms with Crippen LogP contribution in [-0.2, 0) is 10.0 Å². The fraction of sp³-hybridized carbons (Fsp3) is 0.143. The SMILES string of the molecule is CCNC(=O)Nc1nc2c(-c3ncccc3F)cc(-c3ccc(NS(C)(=O)=O)nc3)cc2[nH]1. The van der Waals surface area contributed by atoms with Crippen molar-refractivity contribution in [1.29, 1.82) is 0 Å². The molecule has 1 aromatic carbocycles. The Morgan fingerprint density at radius 1 is 1.15 bits per heavy atom. The molecule has 0 saturated heterocycles. The Morgan fingerprint density at radius 2 is 1.97 bits per heavy atom. The summed E-state index contributed by atoms with van der Waals surface area (Å²) in [5.74, 6) is -0.159. The third-order valence-electron chi connectivity index (χ3n) is 4.56. The van der Waals surface area contributed by atoms with Gasteiger partial charge >= 0.3 is 6.03 Å². The maximum atomic E-state index is 14.6. The van der Waals surface area contributed by atoms with Crippen LogP contribution in [0.4, 0.5) is 21.0 Å². The number of pyridine rings is 2. The molecular weight excluding hydrogens is 449 g/mol. The van der Waals surface area contributed by atoms with E-state index in [-0.39, 0.29) is 17.5 Å². The Labute approximate surface area is 188 Å².